The van der Waals surface area contributed by atoms with E-state index in [1.54, 1.807) is 17.1 Å². The highest BCUT2D eigenvalue weighted by molar-refractivity contribution is 5.81. The van der Waals surface area contributed by atoms with Crippen molar-refractivity contribution in [1.29, 1.82) is 0 Å². The third-order valence-corrected chi connectivity index (χ3v) is 4.96. The predicted octanol–water partition coefficient (Wildman–Crippen LogP) is 3.14. The van der Waals surface area contributed by atoms with Crippen molar-refractivity contribution in [2.24, 2.45) is 0 Å². The van der Waals surface area contributed by atoms with Gasteiger partial charge in [-0.3, -0.25) is 9.59 Å². The van der Waals surface area contributed by atoms with Gasteiger partial charge in [0.1, 0.15) is 12.4 Å². The van der Waals surface area contributed by atoms with Crippen molar-refractivity contribution < 1.29 is 9.59 Å². The van der Waals surface area contributed by atoms with Gasteiger partial charge in [-0.15, -0.1) is 13.2 Å². The molecule has 3 aromatic rings. The molecular weight excluding hydrogens is 388 g/mol. The average molecular weight is 417 g/mol. The first kappa shape index (κ1) is 22.0. The van der Waals surface area contributed by atoms with E-state index >= 15 is 0 Å². The number of rotatable bonds is 11. The van der Waals surface area contributed by atoms with E-state index in [0.29, 0.717) is 32.5 Å². The Morgan fingerprint density at radius 1 is 1.00 bits per heavy atom. The first-order valence-corrected chi connectivity index (χ1v) is 10.4. The van der Waals surface area contributed by atoms with Gasteiger partial charge in [0, 0.05) is 26.1 Å². The molecule has 0 saturated carbocycles. The zero-order valence-electron chi connectivity index (χ0n) is 17.7. The average Bonchev–Trinajstić information content (AvgIpc) is 3.11. The zero-order valence-corrected chi connectivity index (χ0v) is 17.7. The Morgan fingerprint density at radius 3 is 2.39 bits per heavy atom. The molecule has 0 bridgehead atoms. The molecule has 0 spiro atoms. The second-order valence-corrected chi connectivity index (χ2v) is 7.24. The molecule has 0 aliphatic rings. The van der Waals surface area contributed by atoms with Crippen LogP contribution in [0.25, 0.3) is 11.0 Å². The highest BCUT2D eigenvalue weighted by Crippen LogP contribution is 2.17. The fourth-order valence-electron chi connectivity index (χ4n) is 3.48. The van der Waals surface area contributed by atoms with Crippen molar-refractivity contribution in [3.63, 3.8) is 0 Å². The van der Waals surface area contributed by atoms with E-state index in [2.05, 4.69) is 18.5 Å². The van der Waals surface area contributed by atoms with Crippen LogP contribution in [0.5, 0.6) is 0 Å². The van der Waals surface area contributed by atoms with Crippen LogP contribution in [0.15, 0.2) is 79.9 Å². The maximum absolute atomic E-state index is 12.9. The second-order valence-electron chi connectivity index (χ2n) is 7.24. The Labute approximate surface area is 182 Å². The van der Waals surface area contributed by atoms with Gasteiger partial charge in [-0.2, -0.15) is 0 Å². The van der Waals surface area contributed by atoms with E-state index in [1.165, 1.54) is 0 Å². The maximum atomic E-state index is 12.9. The first-order valence-electron chi connectivity index (χ1n) is 10.4. The highest BCUT2D eigenvalue weighted by Gasteiger charge is 2.17. The van der Waals surface area contributed by atoms with E-state index in [9.17, 15) is 9.59 Å². The number of aromatic nitrogens is 2. The lowest BCUT2D eigenvalue weighted by molar-refractivity contribution is -0.130. The Morgan fingerprint density at radius 2 is 1.68 bits per heavy atom. The Kier molecular flexibility index (Phi) is 7.76. The molecular formula is C25H28N4O2. The Hall–Kier alpha value is -3.67. The molecule has 0 fully saturated rings. The van der Waals surface area contributed by atoms with Crippen LogP contribution in [0, 0.1) is 0 Å². The molecule has 3 rings (SSSR count). The minimum atomic E-state index is -0.0342. The van der Waals surface area contributed by atoms with Gasteiger partial charge in [-0.1, -0.05) is 54.6 Å². The lowest BCUT2D eigenvalue weighted by atomic mass is 10.1. The molecule has 6 heteroatoms. The van der Waals surface area contributed by atoms with Crippen LogP contribution < -0.4 is 5.32 Å². The quantitative estimate of drug-likeness (QED) is 0.489. The summed E-state index contributed by atoms with van der Waals surface area (Å²) in [5, 5.41) is 2.95. The molecule has 0 unspecified atom stereocenters. The van der Waals surface area contributed by atoms with Gasteiger partial charge in [-0.25, -0.2) is 4.98 Å². The normalized spacial score (nSPS) is 10.6. The summed E-state index contributed by atoms with van der Waals surface area (Å²) in [6, 6.07) is 17.4. The number of benzene rings is 2. The maximum Gasteiger partial charge on any atom is 0.243 e. The largest absolute Gasteiger partial charge is 0.355 e. The van der Waals surface area contributed by atoms with Crippen LogP contribution in [0.3, 0.4) is 0 Å². The Balaban J connectivity index is 1.70. The summed E-state index contributed by atoms with van der Waals surface area (Å²) in [7, 11) is 0. The highest BCUT2D eigenvalue weighted by atomic mass is 16.2. The number of amides is 2. The standard InChI is InChI=1S/C25H28N4O2/c1-3-16-28(17-4-2)25(31)19-29-22-13-9-8-12-21(22)27-23(29)14-15-26-24(30)18-20-10-6-5-7-11-20/h3-13H,1-2,14-19H2,(H,26,30). The van der Waals surface area contributed by atoms with Gasteiger partial charge in [-0.05, 0) is 17.7 Å². The molecule has 0 aliphatic carbocycles. The lowest BCUT2D eigenvalue weighted by Gasteiger charge is -2.20. The number of hydrogen-bond acceptors (Lipinski definition) is 3. The van der Waals surface area contributed by atoms with Gasteiger partial charge >= 0.3 is 0 Å². The minimum Gasteiger partial charge on any atom is -0.355 e. The van der Waals surface area contributed by atoms with E-state index in [-0.39, 0.29) is 18.4 Å². The van der Waals surface area contributed by atoms with Crippen LogP contribution in [0.1, 0.15) is 11.4 Å². The van der Waals surface area contributed by atoms with Crippen LogP contribution >= 0.6 is 0 Å². The van der Waals surface area contributed by atoms with E-state index < -0.39 is 0 Å². The fraction of sp³-hybridized carbons (Fsp3) is 0.240. The SMILES string of the molecule is C=CCN(CC=C)C(=O)Cn1c(CCNC(=O)Cc2ccccc2)nc2ccccc21. The molecule has 1 aromatic heterocycles. The summed E-state index contributed by atoms with van der Waals surface area (Å²) >= 11 is 0. The van der Waals surface area contributed by atoms with Crippen LogP contribution in [0.2, 0.25) is 0 Å². The van der Waals surface area contributed by atoms with Crippen molar-refractivity contribution >= 4 is 22.8 Å². The summed E-state index contributed by atoms with van der Waals surface area (Å²) in [6.07, 6.45) is 4.28. The molecule has 1 heterocycles. The van der Waals surface area contributed by atoms with E-state index in [4.69, 9.17) is 4.98 Å². The monoisotopic (exact) mass is 416 g/mol. The van der Waals surface area contributed by atoms with E-state index in [0.717, 1.165) is 22.4 Å². The molecule has 0 saturated heterocycles. The zero-order chi connectivity index (χ0) is 22.1. The summed E-state index contributed by atoms with van der Waals surface area (Å²) in [5.74, 6) is 0.706. The van der Waals surface area contributed by atoms with Crippen molar-refractivity contribution in [2.75, 3.05) is 19.6 Å². The molecule has 1 N–H and O–H groups in total. The number of carbonyl (C=O) groups excluding carboxylic acids is 2. The van der Waals surface area contributed by atoms with Gasteiger partial charge in [0.2, 0.25) is 11.8 Å². The third kappa shape index (κ3) is 5.92. The van der Waals surface area contributed by atoms with Crippen LogP contribution in [-0.4, -0.2) is 45.9 Å². The minimum absolute atomic E-state index is 0.0303. The van der Waals surface area contributed by atoms with Crippen molar-refractivity contribution in [3.05, 3.63) is 91.3 Å². The smallest absolute Gasteiger partial charge is 0.243 e. The number of fused-ring (bicyclic) bond motifs is 1. The molecule has 0 aliphatic heterocycles. The predicted molar refractivity (Wildman–Crippen MR) is 124 cm³/mol. The molecule has 2 amide bonds. The lowest BCUT2D eigenvalue weighted by Crippen LogP contribution is -2.34. The van der Waals surface area contributed by atoms with Gasteiger partial charge in [0.15, 0.2) is 0 Å². The molecule has 31 heavy (non-hydrogen) atoms. The van der Waals surface area contributed by atoms with Gasteiger partial charge in [0.25, 0.3) is 0 Å². The van der Waals surface area contributed by atoms with Gasteiger partial charge in [0.05, 0.1) is 17.5 Å². The number of carbonyl (C=O) groups is 2. The Bertz CT molecular complexity index is 1050. The summed E-state index contributed by atoms with van der Waals surface area (Å²) < 4.78 is 1.93. The molecule has 6 nitrogen and oxygen atoms in total. The summed E-state index contributed by atoms with van der Waals surface area (Å²) in [4.78, 5) is 31.5. The number of para-hydroxylation sites is 2. The summed E-state index contributed by atoms with van der Waals surface area (Å²) in [6.45, 7) is 9.01. The molecule has 0 atom stereocenters. The number of imidazole rings is 1. The van der Waals surface area contributed by atoms with Crippen molar-refractivity contribution in [1.82, 2.24) is 19.8 Å². The van der Waals surface area contributed by atoms with Crippen molar-refractivity contribution in [2.45, 2.75) is 19.4 Å². The van der Waals surface area contributed by atoms with Crippen LogP contribution in [-0.2, 0) is 29.0 Å². The van der Waals surface area contributed by atoms with E-state index in [1.807, 2.05) is 59.2 Å². The topological polar surface area (TPSA) is 67.2 Å². The fourth-order valence-corrected chi connectivity index (χ4v) is 3.48. The number of hydrogen-bond donors (Lipinski definition) is 1. The molecule has 160 valence electrons. The third-order valence-electron chi connectivity index (χ3n) is 4.96. The second kappa shape index (κ2) is 10.9. The number of nitrogens with one attached hydrogen (secondary N) is 1. The molecule has 2 aromatic carbocycles. The molecule has 0 radical (unpaired) electrons. The van der Waals surface area contributed by atoms with Gasteiger partial charge < -0.3 is 14.8 Å². The first-order chi connectivity index (χ1) is 15.1. The van der Waals surface area contributed by atoms with Crippen molar-refractivity contribution in [3.8, 4) is 0 Å². The number of nitrogens with zero attached hydrogens (tertiary/aromatic N) is 3. The van der Waals surface area contributed by atoms with Crippen LogP contribution in [0.4, 0.5) is 0 Å². The summed E-state index contributed by atoms with van der Waals surface area (Å²) in [5.41, 5.74) is 2.71.